The maximum absolute atomic E-state index is 13.6. The monoisotopic (exact) mass is 310 g/mol. The van der Waals surface area contributed by atoms with Gasteiger partial charge in [-0.1, -0.05) is 11.6 Å². The van der Waals surface area contributed by atoms with Crippen LogP contribution in [-0.2, 0) is 4.79 Å². The van der Waals surface area contributed by atoms with Gasteiger partial charge in [-0.3, -0.25) is 0 Å². The van der Waals surface area contributed by atoms with Gasteiger partial charge < -0.3 is 9.84 Å². The van der Waals surface area contributed by atoms with Gasteiger partial charge in [-0.15, -0.1) is 0 Å². The average molecular weight is 311 g/mol. The molecule has 0 atom stereocenters. The second-order valence-electron chi connectivity index (χ2n) is 4.03. The minimum Gasteiger partial charge on any atom is -0.478 e. The van der Waals surface area contributed by atoms with E-state index in [9.17, 15) is 13.6 Å². The molecule has 0 saturated carbocycles. The van der Waals surface area contributed by atoms with Crippen molar-refractivity contribution in [3.8, 4) is 11.5 Å². The van der Waals surface area contributed by atoms with Crippen LogP contribution in [0, 0.1) is 11.6 Å². The first-order valence-corrected chi connectivity index (χ1v) is 6.17. The molecule has 0 amide bonds. The first-order chi connectivity index (χ1) is 9.95. The van der Waals surface area contributed by atoms with E-state index in [0.717, 1.165) is 18.2 Å². The molecule has 0 fully saturated rings. The zero-order valence-corrected chi connectivity index (χ0v) is 11.3. The van der Waals surface area contributed by atoms with Gasteiger partial charge in [0.2, 0.25) is 0 Å². The lowest BCUT2D eigenvalue weighted by molar-refractivity contribution is -0.131. The molecule has 0 spiro atoms. The molecule has 0 aliphatic heterocycles. The lowest BCUT2D eigenvalue weighted by atomic mass is 10.2. The van der Waals surface area contributed by atoms with Crippen molar-refractivity contribution in [3.63, 3.8) is 0 Å². The summed E-state index contributed by atoms with van der Waals surface area (Å²) in [6.45, 7) is 0. The number of carboxylic acid groups (broad SMARTS) is 1. The highest BCUT2D eigenvalue weighted by Crippen LogP contribution is 2.31. The molecule has 0 aliphatic rings. The summed E-state index contributed by atoms with van der Waals surface area (Å²) in [6.07, 6.45) is 2.20. The molecule has 0 aromatic heterocycles. The number of ether oxygens (including phenoxy) is 1. The van der Waals surface area contributed by atoms with E-state index in [1.54, 1.807) is 0 Å². The molecule has 0 radical (unpaired) electrons. The second-order valence-corrected chi connectivity index (χ2v) is 4.47. The predicted octanol–water partition coefficient (Wildman–Crippen LogP) is 4.51. The van der Waals surface area contributed by atoms with Crippen LogP contribution in [0.25, 0.3) is 6.08 Å². The Labute approximate surface area is 124 Å². The SMILES string of the molecule is O=C(O)/C=C/c1ccc(Cl)cc1Oc1ccc(F)cc1F. The molecule has 0 bridgehead atoms. The average Bonchev–Trinajstić information content (AvgIpc) is 2.41. The molecular formula is C15H9ClF2O3. The number of hydrogen-bond acceptors (Lipinski definition) is 2. The fourth-order valence-electron chi connectivity index (χ4n) is 1.57. The lowest BCUT2D eigenvalue weighted by Gasteiger charge is -2.10. The Hall–Kier alpha value is -2.40. The summed E-state index contributed by atoms with van der Waals surface area (Å²) < 4.78 is 31.8. The molecule has 0 aliphatic carbocycles. The van der Waals surface area contributed by atoms with E-state index < -0.39 is 17.6 Å². The van der Waals surface area contributed by atoms with E-state index in [1.807, 2.05) is 0 Å². The maximum atomic E-state index is 13.6. The van der Waals surface area contributed by atoms with Crippen LogP contribution in [0.15, 0.2) is 42.5 Å². The third-order valence-electron chi connectivity index (χ3n) is 2.49. The molecule has 0 unspecified atom stereocenters. The Kier molecular flexibility index (Phi) is 4.55. The Morgan fingerprint density at radius 2 is 1.90 bits per heavy atom. The van der Waals surface area contributed by atoms with Crippen molar-refractivity contribution in [3.05, 3.63) is 64.7 Å². The Balaban J connectivity index is 2.38. The fourth-order valence-corrected chi connectivity index (χ4v) is 1.73. The fraction of sp³-hybridized carbons (Fsp3) is 0. The van der Waals surface area contributed by atoms with E-state index in [1.165, 1.54) is 24.3 Å². The maximum Gasteiger partial charge on any atom is 0.328 e. The number of aliphatic carboxylic acids is 1. The van der Waals surface area contributed by atoms with Crippen LogP contribution in [-0.4, -0.2) is 11.1 Å². The van der Waals surface area contributed by atoms with E-state index in [-0.39, 0.29) is 11.5 Å². The van der Waals surface area contributed by atoms with Crippen molar-refractivity contribution in [1.82, 2.24) is 0 Å². The molecule has 2 aromatic rings. The van der Waals surface area contributed by atoms with Crippen molar-refractivity contribution in [2.24, 2.45) is 0 Å². The van der Waals surface area contributed by atoms with Gasteiger partial charge in [0, 0.05) is 28.8 Å². The first-order valence-electron chi connectivity index (χ1n) is 5.79. The molecule has 6 heteroatoms. The van der Waals surface area contributed by atoms with Crippen LogP contribution < -0.4 is 4.74 Å². The van der Waals surface area contributed by atoms with Gasteiger partial charge in [0.15, 0.2) is 11.6 Å². The van der Waals surface area contributed by atoms with Crippen molar-refractivity contribution in [1.29, 1.82) is 0 Å². The van der Waals surface area contributed by atoms with Crippen LogP contribution in [0.2, 0.25) is 5.02 Å². The molecule has 3 nitrogen and oxygen atoms in total. The van der Waals surface area contributed by atoms with Gasteiger partial charge in [0.05, 0.1) is 0 Å². The van der Waals surface area contributed by atoms with Crippen molar-refractivity contribution in [2.75, 3.05) is 0 Å². The number of benzene rings is 2. The largest absolute Gasteiger partial charge is 0.478 e. The molecule has 0 heterocycles. The normalized spacial score (nSPS) is 10.8. The summed E-state index contributed by atoms with van der Waals surface area (Å²) in [7, 11) is 0. The van der Waals surface area contributed by atoms with Crippen LogP contribution >= 0.6 is 11.6 Å². The second kappa shape index (κ2) is 6.37. The number of carbonyl (C=O) groups is 1. The summed E-state index contributed by atoms with van der Waals surface area (Å²) in [5.74, 6) is -2.77. The summed E-state index contributed by atoms with van der Waals surface area (Å²) in [5.41, 5.74) is 0.394. The molecule has 0 saturated heterocycles. The van der Waals surface area contributed by atoms with Crippen molar-refractivity contribution in [2.45, 2.75) is 0 Å². The zero-order chi connectivity index (χ0) is 15.4. The summed E-state index contributed by atoms with van der Waals surface area (Å²) in [6, 6.07) is 7.35. The quantitative estimate of drug-likeness (QED) is 0.845. The highest BCUT2D eigenvalue weighted by Gasteiger charge is 2.09. The van der Waals surface area contributed by atoms with E-state index in [2.05, 4.69) is 0 Å². The van der Waals surface area contributed by atoms with Crippen LogP contribution in [0.5, 0.6) is 11.5 Å². The minimum absolute atomic E-state index is 0.158. The zero-order valence-electron chi connectivity index (χ0n) is 10.5. The smallest absolute Gasteiger partial charge is 0.328 e. The van der Waals surface area contributed by atoms with E-state index >= 15 is 0 Å². The lowest BCUT2D eigenvalue weighted by Crippen LogP contribution is -1.92. The molecule has 1 N–H and O–H groups in total. The van der Waals surface area contributed by atoms with Crippen molar-refractivity contribution >= 4 is 23.6 Å². The Morgan fingerprint density at radius 1 is 1.14 bits per heavy atom. The standard InChI is InChI=1S/C15H9ClF2O3/c16-10-3-1-9(2-6-15(19)20)14(7-10)21-13-5-4-11(17)8-12(13)18/h1-8H,(H,19,20)/b6-2+. The van der Waals surface area contributed by atoms with Gasteiger partial charge in [-0.2, -0.15) is 0 Å². The van der Waals surface area contributed by atoms with Gasteiger partial charge in [-0.05, 0) is 30.3 Å². The topological polar surface area (TPSA) is 46.5 Å². The van der Waals surface area contributed by atoms with Crippen LogP contribution in [0.3, 0.4) is 0 Å². The first kappa shape index (κ1) is 15.0. The highest BCUT2D eigenvalue weighted by atomic mass is 35.5. The number of halogens is 3. The van der Waals surface area contributed by atoms with Gasteiger partial charge in [-0.25, -0.2) is 13.6 Å². The van der Waals surface area contributed by atoms with Gasteiger partial charge in [0.1, 0.15) is 11.6 Å². The minimum atomic E-state index is -1.14. The third-order valence-corrected chi connectivity index (χ3v) is 2.73. The molecule has 21 heavy (non-hydrogen) atoms. The Bertz CT molecular complexity index is 714. The number of carboxylic acids is 1. The Morgan fingerprint density at radius 3 is 2.57 bits per heavy atom. The number of hydrogen-bond donors (Lipinski definition) is 1. The summed E-state index contributed by atoms with van der Waals surface area (Å²) in [5, 5.41) is 8.96. The van der Waals surface area contributed by atoms with Gasteiger partial charge >= 0.3 is 5.97 Å². The number of rotatable bonds is 4. The highest BCUT2D eigenvalue weighted by molar-refractivity contribution is 6.30. The summed E-state index contributed by atoms with van der Waals surface area (Å²) in [4.78, 5) is 10.5. The van der Waals surface area contributed by atoms with Crippen LogP contribution in [0.1, 0.15) is 5.56 Å². The van der Waals surface area contributed by atoms with Crippen molar-refractivity contribution < 1.29 is 23.4 Å². The van der Waals surface area contributed by atoms with Gasteiger partial charge in [0.25, 0.3) is 0 Å². The predicted molar refractivity (Wildman–Crippen MR) is 74.6 cm³/mol. The molecule has 108 valence electrons. The van der Waals surface area contributed by atoms with E-state index in [0.29, 0.717) is 16.7 Å². The molecule has 2 rings (SSSR count). The molecule has 2 aromatic carbocycles. The van der Waals surface area contributed by atoms with E-state index in [4.69, 9.17) is 21.4 Å². The van der Waals surface area contributed by atoms with Crippen LogP contribution in [0.4, 0.5) is 8.78 Å². The molecular weight excluding hydrogens is 302 g/mol. The summed E-state index contributed by atoms with van der Waals surface area (Å²) >= 11 is 5.84. The third kappa shape index (κ3) is 4.03.